The van der Waals surface area contributed by atoms with E-state index in [-0.39, 0.29) is 30.8 Å². The van der Waals surface area contributed by atoms with Crippen molar-refractivity contribution in [1.29, 1.82) is 0 Å². The largest absolute Gasteiger partial charge is 0.467 e. The van der Waals surface area contributed by atoms with Crippen molar-refractivity contribution in [2.45, 2.75) is 12.6 Å². The Labute approximate surface area is 154 Å². The van der Waals surface area contributed by atoms with Gasteiger partial charge in [-0.2, -0.15) is 0 Å². The zero-order valence-electron chi connectivity index (χ0n) is 13.7. The maximum atomic E-state index is 11.8. The lowest BCUT2D eigenvalue weighted by Gasteiger charge is -2.16. The smallest absolute Gasteiger partial charge is 0.408 e. The summed E-state index contributed by atoms with van der Waals surface area (Å²) in [5.74, 6) is 4.15. The first-order valence-electron chi connectivity index (χ1n) is 7.40. The predicted molar refractivity (Wildman–Crippen MR) is 95.0 cm³/mol. The second-order valence-corrected chi connectivity index (χ2v) is 5.33. The summed E-state index contributed by atoms with van der Waals surface area (Å²) >= 11 is 3.00. The molecule has 1 aromatic rings. The van der Waals surface area contributed by atoms with E-state index in [4.69, 9.17) is 4.74 Å². The predicted octanol–water partition coefficient (Wildman–Crippen LogP) is 1.01. The fourth-order valence-corrected chi connectivity index (χ4v) is 1.84. The number of rotatable bonds is 8. The van der Waals surface area contributed by atoms with Gasteiger partial charge in [-0.05, 0) is 11.5 Å². The van der Waals surface area contributed by atoms with Gasteiger partial charge in [-0.3, -0.25) is 4.79 Å². The topological polar surface area (TPSA) is 93.7 Å². The standard InChI is InChI=1S/C17H19BrN2O5/c1-24-16(22)15(11-19-9-5-8-14(21)10-18)20-17(23)25-12-13-6-3-2-4-7-13/h2-4,6-7,15,19H,9-12H2,1H3,(H,20,23). The number of hydrogen-bond acceptors (Lipinski definition) is 6. The molecule has 8 heteroatoms. The third kappa shape index (κ3) is 8.88. The van der Waals surface area contributed by atoms with E-state index in [9.17, 15) is 14.4 Å². The molecule has 0 saturated carbocycles. The fourth-order valence-electron chi connectivity index (χ4n) is 1.70. The summed E-state index contributed by atoms with van der Waals surface area (Å²) in [6, 6.07) is 8.23. The minimum absolute atomic E-state index is 0.0876. The summed E-state index contributed by atoms with van der Waals surface area (Å²) in [6.45, 7) is 0.366. The van der Waals surface area contributed by atoms with E-state index in [0.29, 0.717) is 0 Å². The van der Waals surface area contributed by atoms with Crippen LogP contribution in [0, 0.1) is 11.8 Å². The van der Waals surface area contributed by atoms with Crippen LogP contribution in [0.3, 0.4) is 0 Å². The molecular formula is C17H19BrN2O5. The van der Waals surface area contributed by atoms with Crippen LogP contribution in [-0.4, -0.2) is 49.4 Å². The number of hydrogen-bond donors (Lipinski definition) is 2. The van der Waals surface area contributed by atoms with E-state index >= 15 is 0 Å². The molecule has 1 amide bonds. The van der Waals surface area contributed by atoms with Crippen LogP contribution < -0.4 is 10.6 Å². The lowest BCUT2D eigenvalue weighted by Crippen LogP contribution is -2.48. The van der Waals surface area contributed by atoms with Gasteiger partial charge in [-0.15, -0.1) is 0 Å². The van der Waals surface area contributed by atoms with E-state index < -0.39 is 18.1 Å². The first-order chi connectivity index (χ1) is 12.1. The van der Waals surface area contributed by atoms with Crippen molar-refractivity contribution in [3.63, 3.8) is 0 Å². The number of Topliss-reactive ketones (excluding diaryl/α,β-unsaturated/α-hetero) is 1. The molecule has 0 aliphatic rings. The first kappa shape index (κ1) is 20.7. The Kier molecular flexibility index (Phi) is 9.97. The molecule has 1 unspecified atom stereocenters. The van der Waals surface area contributed by atoms with Crippen molar-refractivity contribution in [2.24, 2.45) is 0 Å². The fraction of sp³-hybridized carbons (Fsp3) is 0.353. The molecule has 134 valence electrons. The highest BCUT2D eigenvalue weighted by molar-refractivity contribution is 9.09. The molecule has 0 bridgehead atoms. The number of methoxy groups -OCH3 is 1. The van der Waals surface area contributed by atoms with E-state index in [0.717, 1.165) is 5.56 Å². The normalized spacial score (nSPS) is 10.8. The van der Waals surface area contributed by atoms with Gasteiger partial charge in [-0.25, -0.2) is 9.59 Å². The van der Waals surface area contributed by atoms with Crippen molar-refractivity contribution >= 4 is 33.8 Å². The number of amides is 1. The van der Waals surface area contributed by atoms with Gasteiger partial charge in [0.25, 0.3) is 0 Å². The Morgan fingerprint density at radius 3 is 2.60 bits per heavy atom. The molecule has 1 aromatic carbocycles. The summed E-state index contributed by atoms with van der Waals surface area (Å²) in [5.41, 5.74) is 0.831. The van der Waals surface area contributed by atoms with Crippen LogP contribution in [0.4, 0.5) is 4.79 Å². The van der Waals surface area contributed by atoms with Crippen molar-refractivity contribution < 1.29 is 23.9 Å². The zero-order chi connectivity index (χ0) is 18.5. The van der Waals surface area contributed by atoms with Crippen molar-refractivity contribution in [2.75, 3.05) is 25.5 Å². The Morgan fingerprint density at radius 1 is 1.24 bits per heavy atom. The van der Waals surface area contributed by atoms with Gasteiger partial charge in [0, 0.05) is 6.54 Å². The number of nitrogens with one attached hydrogen (secondary N) is 2. The zero-order valence-corrected chi connectivity index (χ0v) is 15.3. The van der Waals surface area contributed by atoms with Crippen molar-refractivity contribution in [3.05, 3.63) is 35.9 Å². The number of carbonyl (C=O) groups excluding carboxylic acids is 3. The first-order valence-corrected chi connectivity index (χ1v) is 8.52. The number of ketones is 1. The number of alkyl carbamates (subject to hydrolysis) is 1. The molecule has 0 fully saturated rings. The number of alkyl halides is 1. The van der Waals surface area contributed by atoms with Gasteiger partial charge < -0.3 is 20.1 Å². The molecule has 0 aliphatic carbocycles. The van der Waals surface area contributed by atoms with Gasteiger partial charge in [0.2, 0.25) is 5.78 Å². The quantitative estimate of drug-likeness (QED) is 0.218. The summed E-state index contributed by atoms with van der Waals surface area (Å²) in [4.78, 5) is 34.5. The molecule has 0 spiro atoms. The monoisotopic (exact) mass is 410 g/mol. The molecule has 1 atom stereocenters. The summed E-state index contributed by atoms with van der Waals surface area (Å²) in [5, 5.41) is 5.44. The second kappa shape index (κ2) is 12.1. The molecule has 7 nitrogen and oxygen atoms in total. The molecule has 0 heterocycles. The number of ether oxygens (including phenoxy) is 2. The van der Waals surface area contributed by atoms with Crippen LogP contribution >= 0.6 is 15.9 Å². The number of carbonyl (C=O) groups is 3. The van der Waals surface area contributed by atoms with Gasteiger partial charge in [0.15, 0.2) is 0 Å². The van der Waals surface area contributed by atoms with E-state index in [1.165, 1.54) is 7.11 Å². The Balaban J connectivity index is 2.43. The third-order valence-corrected chi connectivity index (χ3v) is 3.41. The minimum atomic E-state index is -0.929. The molecule has 1 rings (SSSR count). The Hall–Kier alpha value is -2.37. The van der Waals surface area contributed by atoms with Crippen LogP contribution in [0.15, 0.2) is 30.3 Å². The van der Waals surface area contributed by atoms with E-state index in [1.54, 1.807) is 0 Å². The average molecular weight is 411 g/mol. The second-order valence-electron chi connectivity index (χ2n) is 4.77. The molecule has 25 heavy (non-hydrogen) atoms. The molecular weight excluding hydrogens is 392 g/mol. The summed E-state index contributed by atoms with van der Waals surface area (Å²) in [7, 11) is 1.22. The van der Waals surface area contributed by atoms with Crippen molar-refractivity contribution in [3.8, 4) is 11.8 Å². The van der Waals surface area contributed by atoms with Crippen LogP contribution in [0.5, 0.6) is 0 Å². The summed E-state index contributed by atoms with van der Waals surface area (Å²) < 4.78 is 9.71. The van der Waals surface area contributed by atoms with Gasteiger partial charge in [0.05, 0.1) is 19.0 Å². The molecule has 0 aromatic heterocycles. The van der Waals surface area contributed by atoms with Crippen LogP contribution in [0.1, 0.15) is 5.56 Å². The summed E-state index contributed by atoms with van der Waals surface area (Å²) in [6.07, 6.45) is -0.735. The Bertz CT molecular complexity index is 639. The highest BCUT2D eigenvalue weighted by Crippen LogP contribution is 2.01. The molecule has 0 saturated heterocycles. The van der Waals surface area contributed by atoms with E-state index in [2.05, 4.69) is 43.1 Å². The number of esters is 1. The lowest BCUT2D eigenvalue weighted by molar-refractivity contribution is -0.142. The van der Waals surface area contributed by atoms with Gasteiger partial charge in [0.1, 0.15) is 12.6 Å². The maximum absolute atomic E-state index is 11.8. The maximum Gasteiger partial charge on any atom is 0.408 e. The van der Waals surface area contributed by atoms with Crippen molar-refractivity contribution in [1.82, 2.24) is 10.6 Å². The third-order valence-electron chi connectivity index (χ3n) is 2.90. The molecule has 0 aliphatic heterocycles. The van der Waals surface area contributed by atoms with Crippen LogP contribution in [0.25, 0.3) is 0 Å². The highest BCUT2D eigenvalue weighted by atomic mass is 79.9. The average Bonchev–Trinajstić information content (AvgIpc) is 2.65. The lowest BCUT2D eigenvalue weighted by atomic mass is 10.2. The van der Waals surface area contributed by atoms with Gasteiger partial charge in [-0.1, -0.05) is 52.2 Å². The molecule has 2 N–H and O–H groups in total. The Morgan fingerprint density at radius 2 is 1.96 bits per heavy atom. The van der Waals surface area contributed by atoms with E-state index in [1.807, 2.05) is 30.3 Å². The van der Waals surface area contributed by atoms with Crippen LogP contribution in [-0.2, 0) is 25.7 Å². The number of halogens is 1. The SMILES string of the molecule is COC(=O)C(CNCC#CC(=O)CBr)NC(=O)OCc1ccccc1. The minimum Gasteiger partial charge on any atom is -0.467 e. The van der Waals surface area contributed by atoms with Gasteiger partial charge >= 0.3 is 12.1 Å². The molecule has 0 radical (unpaired) electrons. The highest BCUT2D eigenvalue weighted by Gasteiger charge is 2.21. The van der Waals surface area contributed by atoms with Crippen LogP contribution in [0.2, 0.25) is 0 Å². The number of benzene rings is 1.